The van der Waals surface area contributed by atoms with Gasteiger partial charge in [-0.3, -0.25) is 9.52 Å². The summed E-state index contributed by atoms with van der Waals surface area (Å²) in [5.74, 6) is 2.88. The number of fused-ring (bicyclic) bond motifs is 1. The molecule has 1 amide bonds. The van der Waals surface area contributed by atoms with Crippen molar-refractivity contribution in [3.05, 3.63) is 48.0 Å². The Morgan fingerprint density at radius 1 is 1.08 bits per heavy atom. The van der Waals surface area contributed by atoms with Crippen LogP contribution in [0.5, 0.6) is 11.5 Å². The Morgan fingerprint density at radius 3 is 2.46 bits per heavy atom. The lowest BCUT2D eigenvalue weighted by Gasteiger charge is -2.19. The number of benzene rings is 2. The van der Waals surface area contributed by atoms with Gasteiger partial charge >= 0.3 is 0 Å². The predicted octanol–water partition coefficient (Wildman–Crippen LogP) is 1.62. The zero-order chi connectivity index (χ0) is 18.6. The van der Waals surface area contributed by atoms with E-state index in [-0.39, 0.29) is 17.3 Å². The molecule has 7 nitrogen and oxygen atoms in total. The molecule has 134 valence electrons. The van der Waals surface area contributed by atoms with Crippen LogP contribution in [0, 0.1) is 12.3 Å². The second kappa shape index (κ2) is 7.37. The lowest BCUT2D eigenvalue weighted by Crippen LogP contribution is -2.23. The lowest BCUT2D eigenvalue weighted by atomic mass is 10.2. The average Bonchev–Trinajstić information content (AvgIpc) is 2.66. The van der Waals surface area contributed by atoms with Crippen LogP contribution in [0.15, 0.2) is 47.4 Å². The van der Waals surface area contributed by atoms with Crippen LogP contribution >= 0.6 is 0 Å². The highest BCUT2D eigenvalue weighted by molar-refractivity contribution is 7.92. The summed E-state index contributed by atoms with van der Waals surface area (Å²) in [5, 5.41) is 2.53. The number of terminal acetylenes is 1. The molecule has 2 aromatic carbocycles. The maximum atomic E-state index is 12.5. The van der Waals surface area contributed by atoms with Crippen molar-refractivity contribution in [3.63, 3.8) is 0 Å². The molecule has 0 radical (unpaired) electrons. The van der Waals surface area contributed by atoms with Crippen molar-refractivity contribution in [2.75, 3.05) is 24.5 Å². The van der Waals surface area contributed by atoms with Crippen LogP contribution < -0.4 is 19.5 Å². The van der Waals surface area contributed by atoms with Gasteiger partial charge < -0.3 is 14.8 Å². The summed E-state index contributed by atoms with van der Waals surface area (Å²) >= 11 is 0. The van der Waals surface area contributed by atoms with Gasteiger partial charge in [-0.1, -0.05) is 5.92 Å². The number of hydrogen-bond acceptors (Lipinski definition) is 5. The summed E-state index contributed by atoms with van der Waals surface area (Å²) in [5.41, 5.74) is 0.705. The Kier molecular flexibility index (Phi) is 5.00. The molecule has 0 aliphatic carbocycles. The molecule has 2 N–H and O–H groups in total. The van der Waals surface area contributed by atoms with Crippen LogP contribution in [0.3, 0.4) is 0 Å². The topological polar surface area (TPSA) is 93.7 Å². The van der Waals surface area contributed by atoms with E-state index in [2.05, 4.69) is 16.0 Å². The Morgan fingerprint density at radius 2 is 1.77 bits per heavy atom. The molecule has 0 unspecified atom stereocenters. The van der Waals surface area contributed by atoms with Gasteiger partial charge in [0.25, 0.3) is 15.9 Å². The Bertz CT molecular complexity index is 962. The van der Waals surface area contributed by atoms with E-state index in [0.29, 0.717) is 36.0 Å². The van der Waals surface area contributed by atoms with Gasteiger partial charge in [0, 0.05) is 17.3 Å². The molecular formula is C18H16N2O5S. The van der Waals surface area contributed by atoms with Crippen molar-refractivity contribution in [1.29, 1.82) is 0 Å². The molecule has 8 heteroatoms. The summed E-state index contributed by atoms with van der Waals surface area (Å²) in [6.45, 7) is 0.920. The molecule has 0 spiro atoms. The number of rotatable bonds is 5. The number of ether oxygens (including phenoxy) is 2. The van der Waals surface area contributed by atoms with E-state index in [1.807, 2.05) is 0 Å². The van der Waals surface area contributed by atoms with Crippen LogP contribution in [0.4, 0.5) is 5.69 Å². The molecule has 1 aliphatic rings. The summed E-state index contributed by atoms with van der Waals surface area (Å²) in [7, 11) is -3.81. The molecule has 0 atom stereocenters. The van der Waals surface area contributed by atoms with E-state index in [4.69, 9.17) is 15.9 Å². The van der Waals surface area contributed by atoms with E-state index in [1.165, 1.54) is 36.4 Å². The van der Waals surface area contributed by atoms with Gasteiger partial charge in [-0.05, 0) is 36.4 Å². The monoisotopic (exact) mass is 372 g/mol. The van der Waals surface area contributed by atoms with E-state index in [0.717, 1.165) is 0 Å². The number of hydrogen-bond donors (Lipinski definition) is 2. The van der Waals surface area contributed by atoms with E-state index in [1.54, 1.807) is 6.07 Å². The zero-order valence-electron chi connectivity index (χ0n) is 13.7. The molecule has 0 saturated heterocycles. The molecule has 2 aromatic rings. The van der Waals surface area contributed by atoms with E-state index < -0.39 is 10.0 Å². The van der Waals surface area contributed by atoms with Crippen LogP contribution in [-0.4, -0.2) is 34.1 Å². The van der Waals surface area contributed by atoms with Crippen LogP contribution in [0.1, 0.15) is 10.4 Å². The molecule has 26 heavy (non-hydrogen) atoms. The molecule has 3 rings (SSSR count). The summed E-state index contributed by atoms with van der Waals surface area (Å²) in [6.07, 6.45) is 5.09. The molecule has 1 heterocycles. The molecule has 0 saturated carbocycles. The van der Waals surface area contributed by atoms with Crippen LogP contribution in [0.25, 0.3) is 0 Å². The molecule has 0 aromatic heterocycles. The maximum Gasteiger partial charge on any atom is 0.262 e. The normalized spacial score (nSPS) is 12.7. The maximum absolute atomic E-state index is 12.5. The van der Waals surface area contributed by atoms with Crippen LogP contribution in [-0.2, 0) is 10.0 Å². The average molecular weight is 372 g/mol. The highest BCUT2D eigenvalue weighted by Crippen LogP contribution is 2.32. The van der Waals surface area contributed by atoms with Gasteiger partial charge in [-0.25, -0.2) is 8.42 Å². The SMILES string of the molecule is C#CCNC(=O)c1ccc(NS(=O)(=O)c2ccc3c(c2)OCCO3)cc1. The minimum Gasteiger partial charge on any atom is -0.486 e. The lowest BCUT2D eigenvalue weighted by molar-refractivity contribution is 0.0958. The van der Waals surface area contributed by atoms with E-state index in [9.17, 15) is 13.2 Å². The fraction of sp³-hybridized carbons (Fsp3) is 0.167. The highest BCUT2D eigenvalue weighted by atomic mass is 32.2. The van der Waals surface area contributed by atoms with E-state index >= 15 is 0 Å². The van der Waals surface area contributed by atoms with Gasteiger partial charge in [0.2, 0.25) is 0 Å². The fourth-order valence-corrected chi connectivity index (χ4v) is 3.40. The van der Waals surface area contributed by atoms with Crippen molar-refractivity contribution < 1.29 is 22.7 Å². The van der Waals surface area contributed by atoms with Gasteiger partial charge in [0.05, 0.1) is 11.4 Å². The number of sulfonamides is 1. The third-order valence-corrected chi connectivity index (χ3v) is 4.95. The van der Waals surface area contributed by atoms with Crippen LogP contribution in [0.2, 0.25) is 0 Å². The number of carbonyl (C=O) groups is 1. The predicted molar refractivity (Wildman–Crippen MR) is 95.8 cm³/mol. The van der Waals surface area contributed by atoms with Crippen molar-refractivity contribution >= 4 is 21.6 Å². The highest BCUT2D eigenvalue weighted by Gasteiger charge is 2.19. The molecule has 0 bridgehead atoms. The molecular weight excluding hydrogens is 356 g/mol. The van der Waals surface area contributed by atoms with Gasteiger partial charge in [0.15, 0.2) is 11.5 Å². The Hall–Kier alpha value is -3.18. The Balaban J connectivity index is 1.75. The largest absolute Gasteiger partial charge is 0.486 e. The Labute approximate surface area is 151 Å². The number of anilines is 1. The standard InChI is InChI=1S/C18H16N2O5S/c1-2-9-19-18(21)13-3-5-14(6-4-13)20-26(22,23)15-7-8-16-17(12-15)25-11-10-24-16/h1,3-8,12,20H,9-11H2,(H,19,21). The van der Waals surface area contributed by atoms with Gasteiger partial charge in [0.1, 0.15) is 13.2 Å². The summed E-state index contributed by atoms with van der Waals surface area (Å²) < 4.78 is 38.3. The first-order valence-electron chi connectivity index (χ1n) is 7.74. The fourth-order valence-electron chi connectivity index (χ4n) is 2.33. The zero-order valence-corrected chi connectivity index (χ0v) is 14.5. The van der Waals surface area contributed by atoms with Gasteiger partial charge in [-0.15, -0.1) is 6.42 Å². The second-order valence-electron chi connectivity index (χ2n) is 5.38. The van der Waals surface area contributed by atoms with Crippen molar-refractivity contribution in [1.82, 2.24) is 5.32 Å². The number of amides is 1. The number of carbonyl (C=O) groups excluding carboxylic acids is 1. The quantitative estimate of drug-likeness (QED) is 0.778. The molecule has 0 fully saturated rings. The third-order valence-electron chi connectivity index (χ3n) is 3.57. The minimum absolute atomic E-state index is 0.0533. The van der Waals surface area contributed by atoms with Crippen molar-refractivity contribution in [2.45, 2.75) is 4.90 Å². The summed E-state index contributed by atoms with van der Waals surface area (Å²) in [4.78, 5) is 11.8. The third kappa shape index (κ3) is 3.90. The number of nitrogens with one attached hydrogen (secondary N) is 2. The molecule has 1 aliphatic heterocycles. The first-order valence-corrected chi connectivity index (χ1v) is 9.22. The first kappa shape index (κ1) is 17.6. The second-order valence-corrected chi connectivity index (χ2v) is 7.06. The first-order chi connectivity index (χ1) is 12.5. The van der Waals surface area contributed by atoms with Crippen molar-refractivity contribution in [2.24, 2.45) is 0 Å². The van der Waals surface area contributed by atoms with Crippen molar-refractivity contribution in [3.8, 4) is 23.8 Å². The van der Waals surface area contributed by atoms with Gasteiger partial charge in [-0.2, -0.15) is 0 Å². The minimum atomic E-state index is -3.81. The summed E-state index contributed by atoms with van der Waals surface area (Å²) in [6, 6.07) is 10.4. The smallest absolute Gasteiger partial charge is 0.262 e.